The van der Waals surface area contributed by atoms with Crippen molar-refractivity contribution in [1.29, 1.82) is 0 Å². The van der Waals surface area contributed by atoms with Gasteiger partial charge in [0.15, 0.2) is 11.6 Å². The number of aliphatic hydroxyl groups excluding tert-OH is 1. The van der Waals surface area contributed by atoms with Gasteiger partial charge in [-0.15, -0.1) is 0 Å². The Kier molecular flexibility index (Phi) is 17.3. The van der Waals surface area contributed by atoms with Gasteiger partial charge in [-0.05, 0) is 104 Å². The maximum Gasteiger partial charge on any atom is 0.398 e. The van der Waals surface area contributed by atoms with Crippen molar-refractivity contribution in [2.75, 3.05) is 0 Å². The van der Waals surface area contributed by atoms with Crippen molar-refractivity contribution >= 4 is 24.1 Å². The van der Waals surface area contributed by atoms with Gasteiger partial charge < -0.3 is 33.9 Å². The van der Waals surface area contributed by atoms with Crippen LogP contribution in [0.4, 0.5) is 26.3 Å². The van der Waals surface area contributed by atoms with Crippen molar-refractivity contribution in [1.82, 2.24) is 0 Å². The Balaban J connectivity index is 0.000000285. The number of carboxylic acids is 1. The Labute approximate surface area is 378 Å². The van der Waals surface area contributed by atoms with E-state index in [1.54, 1.807) is 79.7 Å². The normalized spacial score (nSPS) is 28.3. The molecule has 0 amide bonds. The van der Waals surface area contributed by atoms with Gasteiger partial charge in [0.25, 0.3) is 0 Å². The first-order chi connectivity index (χ1) is 29.9. The third kappa shape index (κ3) is 14.4. The summed E-state index contributed by atoms with van der Waals surface area (Å²) < 4.78 is 110. The van der Waals surface area contributed by atoms with Crippen LogP contribution >= 0.6 is 0 Å². The number of aryl methyl sites for hydroxylation is 4. The minimum absolute atomic E-state index is 0.227. The van der Waals surface area contributed by atoms with E-state index in [1.807, 2.05) is 38.1 Å². The van der Waals surface area contributed by atoms with E-state index in [0.29, 0.717) is 35.1 Å². The number of ether oxygens (including phenoxy) is 5. The quantitative estimate of drug-likeness (QED) is 0.151. The highest BCUT2D eigenvalue weighted by molar-refractivity contribution is 5.95. The first-order valence-electron chi connectivity index (χ1n) is 21.8. The van der Waals surface area contributed by atoms with E-state index in [9.17, 15) is 46.1 Å². The number of cyclic esters (lactones) is 1. The van der Waals surface area contributed by atoms with Gasteiger partial charge in [-0.25, -0.2) is 9.59 Å². The van der Waals surface area contributed by atoms with Gasteiger partial charge in [-0.3, -0.25) is 0 Å². The molecule has 0 spiro atoms. The molecule has 0 aliphatic carbocycles. The number of rotatable bonds is 8. The highest BCUT2D eigenvalue weighted by atomic mass is 19.4. The first kappa shape index (κ1) is 53.3. The second kappa shape index (κ2) is 21.1. The number of hydrogen-bond donors (Lipinski definition) is 2. The van der Waals surface area contributed by atoms with Crippen molar-refractivity contribution in [3.8, 4) is 0 Å². The molecular formula is C50H64F6O9. The summed E-state index contributed by atoms with van der Waals surface area (Å²) in [5.41, 5.74) is 4.88. The molecule has 360 valence electrons. The number of aliphatic hydroxyl groups is 1. The van der Waals surface area contributed by atoms with Crippen LogP contribution in [0, 0.1) is 51.4 Å². The van der Waals surface area contributed by atoms with Gasteiger partial charge in [0.1, 0.15) is 12.0 Å². The topological polar surface area (TPSA) is 121 Å². The molecule has 2 saturated heterocycles. The summed E-state index contributed by atoms with van der Waals surface area (Å²) in [5, 5.41) is 19.1. The molecule has 15 heteroatoms. The number of benzene rings is 2. The van der Waals surface area contributed by atoms with Crippen LogP contribution in [-0.4, -0.2) is 82.7 Å². The smallest absolute Gasteiger partial charge is 0.398 e. The van der Waals surface area contributed by atoms with E-state index in [-0.39, 0.29) is 23.1 Å². The third-order valence-electron chi connectivity index (χ3n) is 11.6. The van der Waals surface area contributed by atoms with Gasteiger partial charge in [0.2, 0.25) is 0 Å². The predicted molar refractivity (Wildman–Crippen MR) is 236 cm³/mol. The lowest BCUT2D eigenvalue weighted by Crippen LogP contribution is -2.35. The number of halogens is 6. The van der Waals surface area contributed by atoms with E-state index >= 15 is 0 Å². The van der Waals surface area contributed by atoms with Gasteiger partial charge in [-0.1, -0.05) is 97.8 Å². The molecule has 5 rings (SSSR count). The zero-order valence-corrected chi connectivity index (χ0v) is 39.1. The summed E-state index contributed by atoms with van der Waals surface area (Å²) >= 11 is 0. The molecule has 10 atom stereocenters. The Hall–Kier alpha value is -4.28. The van der Waals surface area contributed by atoms with Crippen LogP contribution in [0.15, 0.2) is 60.7 Å². The Morgan fingerprint density at radius 3 is 2.08 bits per heavy atom. The van der Waals surface area contributed by atoms with Crippen LogP contribution < -0.4 is 0 Å². The van der Waals surface area contributed by atoms with Crippen molar-refractivity contribution in [3.05, 3.63) is 105 Å². The molecule has 2 N–H and O–H groups in total. The Morgan fingerprint density at radius 1 is 0.862 bits per heavy atom. The number of carbonyl (C=O) groups is 2. The van der Waals surface area contributed by atoms with Crippen LogP contribution in [-0.2, 0) is 23.7 Å². The van der Waals surface area contributed by atoms with Crippen molar-refractivity contribution in [3.63, 3.8) is 0 Å². The fourth-order valence-electron chi connectivity index (χ4n) is 8.66. The average Bonchev–Trinajstić information content (AvgIpc) is 3.62. The number of aromatic carboxylic acids is 1. The van der Waals surface area contributed by atoms with Crippen LogP contribution in [0.2, 0.25) is 0 Å². The average molecular weight is 923 g/mol. The van der Waals surface area contributed by atoms with E-state index in [4.69, 9.17) is 23.7 Å². The minimum atomic E-state index is -4.57. The van der Waals surface area contributed by atoms with Crippen LogP contribution in [0.1, 0.15) is 122 Å². The van der Waals surface area contributed by atoms with Crippen molar-refractivity contribution in [2.45, 2.75) is 156 Å². The molecule has 0 radical (unpaired) electrons. The molecule has 0 bridgehead atoms. The van der Waals surface area contributed by atoms with E-state index in [0.717, 1.165) is 30.2 Å². The molecule has 9 nitrogen and oxygen atoms in total. The molecule has 2 aromatic rings. The molecule has 3 heterocycles. The molecule has 0 aromatic heterocycles. The van der Waals surface area contributed by atoms with Crippen LogP contribution in [0.3, 0.4) is 0 Å². The van der Waals surface area contributed by atoms with E-state index in [2.05, 4.69) is 0 Å². The first-order valence-corrected chi connectivity index (χ1v) is 21.8. The molecule has 0 saturated carbocycles. The summed E-state index contributed by atoms with van der Waals surface area (Å²) in [7, 11) is 0. The van der Waals surface area contributed by atoms with Crippen molar-refractivity contribution in [2.24, 2.45) is 23.7 Å². The highest BCUT2D eigenvalue weighted by Gasteiger charge is 2.47. The molecule has 3 aliphatic heterocycles. The third-order valence-corrected chi connectivity index (χ3v) is 11.6. The summed E-state index contributed by atoms with van der Waals surface area (Å²) in [6, 6.07) is 7.24. The van der Waals surface area contributed by atoms with Gasteiger partial charge >= 0.3 is 24.3 Å². The number of hydrogen-bond acceptors (Lipinski definition) is 8. The number of esters is 1. The predicted octanol–water partition coefficient (Wildman–Crippen LogP) is 11.8. The standard InChI is InChI=1S/C25H33F3O5.C25H31F3O4/c1-14-12-16(3)21(23(30)31)18(13-14)8-7-9-20-22(33-24(5,6)32-20)15(2)10-11-19(17(4)29)25(26,27)28;1-14-12-16(3)21-18(13-14)8-7-9-20-22(32-24(5,6)31-20)15(2)10-11-19(25(26,27)28)17(4)30-23(21)29/h7-8,10-13,15,17,19-20,22,29H,9H2,1-6H3,(H,30,31);7-8,10-13,15,17,19-20,22H,9H2,1-6H3/b2*8-7+,11-10-/t2*15?,17?,19?,20-,22?/m00/s1. The number of alkyl halides is 6. The molecule has 8 unspecified atom stereocenters. The lowest BCUT2D eigenvalue weighted by atomic mass is 9.93. The van der Waals surface area contributed by atoms with Gasteiger partial charge in [0.05, 0.1) is 47.6 Å². The molecule has 65 heavy (non-hydrogen) atoms. The zero-order valence-electron chi connectivity index (χ0n) is 39.1. The second-order valence-corrected chi connectivity index (χ2v) is 18.4. The summed E-state index contributed by atoms with van der Waals surface area (Å²) in [4.78, 5) is 24.6. The number of carboxylic acid groups (broad SMARTS) is 1. The molecule has 2 aromatic carbocycles. The van der Waals surface area contributed by atoms with Crippen LogP contribution in [0.5, 0.6) is 0 Å². The zero-order chi connectivity index (χ0) is 49.0. The molecule has 3 aliphatic rings. The number of carbonyl (C=O) groups excluding carboxylic acids is 1. The molecular weight excluding hydrogens is 859 g/mol. The maximum absolute atomic E-state index is 13.8. The SMILES string of the molecule is Cc1cc(C)c(C(=O)O)c(/C=C/C[C@@H]2OC(C)(C)OC2C(C)/C=C\C(C(C)O)C(F)(F)F)c1.Cc1cc(C)c2c(c1)/C=C/C[C@@H]1OC(C)(C)OC1C(C)/C=C\C(C(F)(F)F)C(C)OC2=O. The lowest BCUT2D eigenvalue weighted by molar-refractivity contribution is -0.183. The van der Waals surface area contributed by atoms with Crippen LogP contribution in [0.25, 0.3) is 12.2 Å². The number of fused-ring (bicyclic) bond motifs is 2. The Morgan fingerprint density at radius 2 is 1.48 bits per heavy atom. The Bertz CT molecular complexity index is 2120. The maximum atomic E-state index is 13.8. The second-order valence-electron chi connectivity index (χ2n) is 18.4. The summed E-state index contributed by atoms with van der Waals surface area (Å²) in [6.07, 6.45) is -0.671. The monoisotopic (exact) mass is 922 g/mol. The fraction of sp³-hybridized carbons (Fsp3) is 0.560. The molecule has 2 fully saturated rings. The van der Waals surface area contributed by atoms with E-state index in [1.165, 1.54) is 19.1 Å². The fourth-order valence-corrected chi connectivity index (χ4v) is 8.66. The van der Waals surface area contributed by atoms with Gasteiger partial charge in [0, 0.05) is 11.8 Å². The minimum Gasteiger partial charge on any atom is -0.478 e. The van der Waals surface area contributed by atoms with Gasteiger partial charge in [-0.2, -0.15) is 26.3 Å². The largest absolute Gasteiger partial charge is 0.478 e. The van der Waals surface area contributed by atoms with Crippen molar-refractivity contribution < 1.29 is 69.8 Å². The highest BCUT2D eigenvalue weighted by Crippen LogP contribution is 2.39. The summed E-state index contributed by atoms with van der Waals surface area (Å²) in [6.45, 7) is 20.3. The lowest BCUT2D eigenvalue weighted by Gasteiger charge is -2.26. The summed E-state index contributed by atoms with van der Waals surface area (Å²) in [5.74, 6) is -8.16. The van der Waals surface area contributed by atoms with E-state index < -0.39 is 84.1 Å².